The molecule has 19 heavy (non-hydrogen) atoms. The second-order valence-corrected chi connectivity index (χ2v) is 4.99. The first-order chi connectivity index (χ1) is 8.97. The van der Waals surface area contributed by atoms with Gasteiger partial charge >= 0.3 is 0 Å². The molecule has 1 amide bonds. The molecule has 0 fully saturated rings. The highest BCUT2D eigenvalue weighted by molar-refractivity contribution is 5.81. The zero-order valence-electron chi connectivity index (χ0n) is 12.4. The van der Waals surface area contributed by atoms with Crippen LogP contribution in [0.3, 0.4) is 0 Å². The largest absolute Gasteiger partial charge is 0.389 e. The van der Waals surface area contributed by atoms with Crippen LogP contribution in [-0.2, 0) is 14.3 Å². The third kappa shape index (κ3) is 10.9. The minimum absolute atomic E-state index is 0.0544. The zero-order valence-corrected chi connectivity index (χ0v) is 12.4. The van der Waals surface area contributed by atoms with Crippen LogP contribution in [0.15, 0.2) is 0 Å². The van der Waals surface area contributed by atoms with Crippen molar-refractivity contribution in [1.82, 2.24) is 10.6 Å². The van der Waals surface area contributed by atoms with Gasteiger partial charge in [-0.3, -0.25) is 4.79 Å². The van der Waals surface area contributed by atoms with Gasteiger partial charge in [0.25, 0.3) is 0 Å². The van der Waals surface area contributed by atoms with Gasteiger partial charge in [0, 0.05) is 20.2 Å². The molecule has 2 atom stereocenters. The van der Waals surface area contributed by atoms with E-state index in [2.05, 4.69) is 10.6 Å². The van der Waals surface area contributed by atoms with E-state index in [0.717, 1.165) is 0 Å². The molecule has 114 valence electrons. The number of rotatable bonds is 11. The van der Waals surface area contributed by atoms with Crippen molar-refractivity contribution in [2.24, 2.45) is 5.92 Å². The fourth-order valence-electron chi connectivity index (χ4n) is 1.28. The fraction of sp³-hybridized carbons (Fsp3) is 0.923. The number of methoxy groups -OCH3 is 1. The Morgan fingerprint density at radius 3 is 2.47 bits per heavy atom. The number of carbonyl (C=O) groups is 1. The van der Waals surface area contributed by atoms with Crippen molar-refractivity contribution >= 4 is 5.91 Å². The van der Waals surface area contributed by atoms with Gasteiger partial charge in [0.05, 0.1) is 32.0 Å². The van der Waals surface area contributed by atoms with Gasteiger partial charge in [-0.15, -0.1) is 0 Å². The Labute approximate surface area is 115 Å². The van der Waals surface area contributed by atoms with Crippen LogP contribution in [0.2, 0.25) is 0 Å². The maximum Gasteiger partial charge on any atom is 0.236 e. The van der Waals surface area contributed by atoms with Crippen molar-refractivity contribution in [2.75, 3.05) is 40.0 Å². The van der Waals surface area contributed by atoms with Gasteiger partial charge in [-0.25, -0.2) is 0 Å². The second-order valence-electron chi connectivity index (χ2n) is 4.99. The van der Waals surface area contributed by atoms with E-state index >= 15 is 0 Å². The van der Waals surface area contributed by atoms with E-state index in [1.54, 1.807) is 14.0 Å². The number of nitrogens with one attached hydrogen (secondary N) is 2. The van der Waals surface area contributed by atoms with Crippen molar-refractivity contribution in [2.45, 2.75) is 32.9 Å². The lowest BCUT2D eigenvalue weighted by molar-refractivity contribution is -0.123. The third-order valence-corrected chi connectivity index (χ3v) is 2.48. The molecule has 0 radical (unpaired) electrons. The van der Waals surface area contributed by atoms with Crippen molar-refractivity contribution in [3.8, 4) is 0 Å². The van der Waals surface area contributed by atoms with E-state index in [1.807, 2.05) is 13.8 Å². The van der Waals surface area contributed by atoms with Gasteiger partial charge in [0.1, 0.15) is 0 Å². The number of ether oxygens (including phenoxy) is 2. The van der Waals surface area contributed by atoms with Gasteiger partial charge in [-0.2, -0.15) is 0 Å². The highest BCUT2D eigenvalue weighted by atomic mass is 16.5. The van der Waals surface area contributed by atoms with E-state index in [-0.39, 0.29) is 18.6 Å². The van der Waals surface area contributed by atoms with Gasteiger partial charge in [0.15, 0.2) is 0 Å². The van der Waals surface area contributed by atoms with E-state index < -0.39 is 6.10 Å². The molecule has 0 aliphatic rings. The zero-order chi connectivity index (χ0) is 14.7. The average Bonchev–Trinajstić information content (AvgIpc) is 2.38. The maximum atomic E-state index is 11.7. The molecular formula is C13H28N2O4. The highest BCUT2D eigenvalue weighted by Gasteiger charge is 2.14. The second kappa shape index (κ2) is 11.2. The predicted molar refractivity (Wildman–Crippen MR) is 74.0 cm³/mol. The first kappa shape index (κ1) is 18.3. The Hall–Kier alpha value is -0.690. The molecule has 2 unspecified atom stereocenters. The summed E-state index contributed by atoms with van der Waals surface area (Å²) in [5, 5.41) is 15.4. The van der Waals surface area contributed by atoms with Crippen LogP contribution in [0.4, 0.5) is 0 Å². The summed E-state index contributed by atoms with van der Waals surface area (Å²) in [6, 6.07) is -0.327. The Kier molecular flexibility index (Phi) is 10.8. The Morgan fingerprint density at radius 1 is 1.21 bits per heavy atom. The van der Waals surface area contributed by atoms with Crippen LogP contribution in [0.5, 0.6) is 0 Å². The number of amides is 1. The summed E-state index contributed by atoms with van der Waals surface area (Å²) in [5.74, 6) is 0.372. The molecule has 0 aliphatic carbocycles. The topological polar surface area (TPSA) is 79.8 Å². The van der Waals surface area contributed by atoms with E-state index in [9.17, 15) is 9.90 Å². The van der Waals surface area contributed by atoms with E-state index in [4.69, 9.17) is 9.47 Å². The molecule has 0 aromatic carbocycles. The minimum atomic E-state index is -0.628. The SMILES string of the molecule is COCCOCC(O)CNC(C)C(=O)NCC(C)C. The van der Waals surface area contributed by atoms with Crippen molar-refractivity contribution in [1.29, 1.82) is 0 Å². The third-order valence-electron chi connectivity index (χ3n) is 2.48. The number of aliphatic hydroxyl groups is 1. The Balaban J connectivity index is 3.64. The first-order valence-electron chi connectivity index (χ1n) is 6.73. The van der Waals surface area contributed by atoms with Crippen LogP contribution in [-0.4, -0.2) is 63.2 Å². The summed E-state index contributed by atoms with van der Waals surface area (Å²) in [6.45, 7) is 8.03. The minimum Gasteiger partial charge on any atom is -0.389 e. The van der Waals surface area contributed by atoms with Gasteiger partial charge in [0.2, 0.25) is 5.91 Å². The van der Waals surface area contributed by atoms with Gasteiger partial charge < -0.3 is 25.2 Å². The van der Waals surface area contributed by atoms with Crippen molar-refractivity contribution in [3.63, 3.8) is 0 Å². The molecule has 0 bridgehead atoms. The van der Waals surface area contributed by atoms with Gasteiger partial charge in [-0.05, 0) is 12.8 Å². The van der Waals surface area contributed by atoms with Gasteiger partial charge in [-0.1, -0.05) is 13.8 Å². The average molecular weight is 276 g/mol. The number of hydrogen-bond acceptors (Lipinski definition) is 5. The Bertz CT molecular complexity index is 237. The molecule has 6 nitrogen and oxygen atoms in total. The highest BCUT2D eigenvalue weighted by Crippen LogP contribution is 1.90. The summed E-state index contributed by atoms with van der Waals surface area (Å²) < 4.78 is 10.0. The van der Waals surface area contributed by atoms with E-state index in [1.165, 1.54) is 0 Å². The number of carbonyl (C=O) groups excluding carboxylic acids is 1. The summed E-state index contributed by atoms with van der Waals surface area (Å²) in [4.78, 5) is 11.7. The molecule has 0 heterocycles. The standard InChI is InChI=1S/C13H28N2O4/c1-10(2)7-15-13(17)11(3)14-8-12(16)9-19-6-5-18-4/h10-12,14,16H,5-9H2,1-4H3,(H,15,17). The number of hydrogen-bond donors (Lipinski definition) is 3. The molecule has 0 rings (SSSR count). The molecule has 0 aromatic rings. The van der Waals surface area contributed by atoms with Crippen LogP contribution < -0.4 is 10.6 Å². The summed E-state index contributed by atoms with van der Waals surface area (Å²) in [5.41, 5.74) is 0. The smallest absolute Gasteiger partial charge is 0.236 e. The molecule has 3 N–H and O–H groups in total. The van der Waals surface area contributed by atoms with Crippen molar-refractivity contribution in [3.05, 3.63) is 0 Å². The quantitative estimate of drug-likeness (QED) is 0.454. The molecule has 6 heteroatoms. The first-order valence-corrected chi connectivity index (χ1v) is 6.73. The maximum absolute atomic E-state index is 11.7. The summed E-state index contributed by atoms with van der Waals surface area (Å²) in [6.07, 6.45) is -0.628. The van der Waals surface area contributed by atoms with Crippen LogP contribution in [0, 0.1) is 5.92 Å². The lowest BCUT2D eigenvalue weighted by Crippen LogP contribution is -2.46. The van der Waals surface area contributed by atoms with Crippen LogP contribution in [0.25, 0.3) is 0 Å². The molecule has 0 saturated carbocycles. The molecular weight excluding hydrogens is 248 g/mol. The van der Waals surface area contributed by atoms with Crippen LogP contribution >= 0.6 is 0 Å². The molecule has 0 aliphatic heterocycles. The Morgan fingerprint density at radius 2 is 1.89 bits per heavy atom. The normalized spacial score (nSPS) is 14.4. The van der Waals surface area contributed by atoms with E-state index in [0.29, 0.717) is 32.2 Å². The summed E-state index contributed by atoms with van der Waals surface area (Å²) >= 11 is 0. The lowest BCUT2D eigenvalue weighted by Gasteiger charge is -2.17. The predicted octanol–water partition coefficient (Wildman–Crippen LogP) is -0.239. The molecule has 0 aromatic heterocycles. The lowest BCUT2D eigenvalue weighted by atomic mass is 10.2. The van der Waals surface area contributed by atoms with Crippen LogP contribution in [0.1, 0.15) is 20.8 Å². The fourth-order valence-corrected chi connectivity index (χ4v) is 1.28. The molecule has 0 spiro atoms. The molecule has 0 saturated heterocycles. The number of aliphatic hydroxyl groups excluding tert-OH is 1. The van der Waals surface area contributed by atoms with Crippen molar-refractivity contribution < 1.29 is 19.4 Å². The monoisotopic (exact) mass is 276 g/mol. The summed E-state index contributed by atoms with van der Waals surface area (Å²) in [7, 11) is 1.60.